The molecule has 0 rings (SSSR count). The Morgan fingerprint density at radius 2 is 2.14 bits per heavy atom. The molecule has 0 atom stereocenters. The minimum absolute atomic E-state index is 0.326. The average molecular weight is 137 g/mol. The fourth-order valence-electron chi connectivity index (χ4n) is 0.179. The summed E-state index contributed by atoms with van der Waals surface area (Å²) in [5.41, 5.74) is 0. The SMILES string of the molecule is CC#CCC(Cl)Cl. The van der Waals surface area contributed by atoms with Crippen LogP contribution >= 0.6 is 23.2 Å². The zero-order valence-corrected chi connectivity index (χ0v) is 5.55. The summed E-state index contributed by atoms with van der Waals surface area (Å²) in [6.45, 7) is 1.76. The van der Waals surface area contributed by atoms with Gasteiger partial charge in [-0.05, 0) is 6.92 Å². The molecule has 0 fully saturated rings. The van der Waals surface area contributed by atoms with Crippen LogP contribution in [-0.2, 0) is 0 Å². The standard InChI is InChI=1S/C5H6Cl2/c1-2-3-4-5(6)7/h5H,4H2,1H3. The maximum atomic E-state index is 5.32. The molecule has 0 saturated carbocycles. The molecule has 40 valence electrons. The molecule has 0 bridgehead atoms. The van der Waals surface area contributed by atoms with Gasteiger partial charge in [-0.25, -0.2) is 0 Å². The van der Waals surface area contributed by atoms with Crippen LogP contribution in [0.25, 0.3) is 0 Å². The quantitative estimate of drug-likeness (QED) is 0.384. The lowest BCUT2D eigenvalue weighted by Gasteiger charge is -1.85. The van der Waals surface area contributed by atoms with E-state index in [0.717, 1.165) is 0 Å². The summed E-state index contributed by atoms with van der Waals surface area (Å²) in [4.78, 5) is -0.326. The van der Waals surface area contributed by atoms with Crippen molar-refractivity contribution < 1.29 is 0 Å². The summed E-state index contributed by atoms with van der Waals surface area (Å²) in [7, 11) is 0. The molecule has 7 heavy (non-hydrogen) atoms. The van der Waals surface area contributed by atoms with Crippen LogP contribution in [0.4, 0.5) is 0 Å². The van der Waals surface area contributed by atoms with E-state index >= 15 is 0 Å². The molecular weight excluding hydrogens is 131 g/mol. The van der Waals surface area contributed by atoms with E-state index in [1.54, 1.807) is 6.92 Å². The predicted octanol–water partition coefficient (Wildman–Crippen LogP) is 2.20. The monoisotopic (exact) mass is 136 g/mol. The van der Waals surface area contributed by atoms with Crippen molar-refractivity contribution in [3.63, 3.8) is 0 Å². The molecule has 0 amide bonds. The van der Waals surface area contributed by atoms with Crippen molar-refractivity contribution in [1.82, 2.24) is 0 Å². The van der Waals surface area contributed by atoms with Crippen molar-refractivity contribution in [3.8, 4) is 11.8 Å². The van der Waals surface area contributed by atoms with Crippen LogP contribution in [0.1, 0.15) is 13.3 Å². The lowest BCUT2D eigenvalue weighted by molar-refractivity contribution is 1.20. The highest BCUT2D eigenvalue weighted by Crippen LogP contribution is 2.04. The Balaban J connectivity index is 3.08. The van der Waals surface area contributed by atoms with Gasteiger partial charge in [0.2, 0.25) is 0 Å². The van der Waals surface area contributed by atoms with E-state index < -0.39 is 0 Å². The maximum Gasteiger partial charge on any atom is 0.118 e. The Bertz CT molecular complexity index is 86.0. The van der Waals surface area contributed by atoms with Gasteiger partial charge in [0.15, 0.2) is 0 Å². The zero-order valence-electron chi connectivity index (χ0n) is 4.04. The van der Waals surface area contributed by atoms with E-state index in [-0.39, 0.29) is 4.84 Å². The Morgan fingerprint density at radius 3 is 2.29 bits per heavy atom. The van der Waals surface area contributed by atoms with Crippen LogP contribution in [-0.4, -0.2) is 4.84 Å². The van der Waals surface area contributed by atoms with E-state index in [1.807, 2.05) is 0 Å². The highest BCUT2D eigenvalue weighted by Gasteiger charge is 1.90. The van der Waals surface area contributed by atoms with E-state index in [0.29, 0.717) is 6.42 Å². The third-order valence-corrected chi connectivity index (χ3v) is 0.742. The highest BCUT2D eigenvalue weighted by molar-refractivity contribution is 6.44. The summed E-state index contributed by atoms with van der Waals surface area (Å²) in [6.07, 6.45) is 0.569. The maximum absolute atomic E-state index is 5.32. The smallest absolute Gasteiger partial charge is 0.107 e. The van der Waals surface area contributed by atoms with Crippen LogP contribution in [0.5, 0.6) is 0 Å². The van der Waals surface area contributed by atoms with E-state index in [9.17, 15) is 0 Å². The summed E-state index contributed by atoms with van der Waals surface area (Å²) >= 11 is 10.6. The van der Waals surface area contributed by atoms with Gasteiger partial charge in [-0.3, -0.25) is 0 Å². The van der Waals surface area contributed by atoms with Crippen LogP contribution in [0.3, 0.4) is 0 Å². The van der Waals surface area contributed by atoms with Gasteiger partial charge in [-0.2, -0.15) is 0 Å². The topological polar surface area (TPSA) is 0 Å². The number of halogens is 2. The van der Waals surface area contributed by atoms with Crippen LogP contribution in [0.15, 0.2) is 0 Å². The number of hydrogen-bond donors (Lipinski definition) is 0. The van der Waals surface area contributed by atoms with Gasteiger partial charge in [0.1, 0.15) is 4.84 Å². The average Bonchev–Trinajstić information content (AvgIpc) is 1.61. The van der Waals surface area contributed by atoms with Crippen molar-refractivity contribution in [3.05, 3.63) is 0 Å². The Hall–Kier alpha value is 0.140. The summed E-state index contributed by atoms with van der Waals surface area (Å²) < 4.78 is 0. The van der Waals surface area contributed by atoms with Gasteiger partial charge in [0.25, 0.3) is 0 Å². The fourth-order valence-corrected chi connectivity index (χ4v) is 0.334. The third-order valence-electron chi connectivity index (χ3n) is 0.433. The van der Waals surface area contributed by atoms with E-state index in [1.165, 1.54) is 0 Å². The normalized spacial score (nSPS) is 8.00. The van der Waals surface area contributed by atoms with Crippen molar-refractivity contribution in [1.29, 1.82) is 0 Å². The van der Waals surface area contributed by atoms with Crippen molar-refractivity contribution in [2.24, 2.45) is 0 Å². The second-order valence-corrected chi connectivity index (χ2v) is 2.30. The molecule has 2 heteroatoms. The van der Waals surface area contributed by atoms with Gasteiger partial charge < -0.3 is 0 Å². The van der Waals surface area contributed by atoms with E-state index in [2.05, 4.69) is 11.8 Å². The molecule has 0 aliphatic heterocycles. The first-order valence-corrected chi connectivity index (χ1v) is 2.82. The minimum atomic E-state index is -0.326. The molecule has 0 radical (unpaired) electrons. The molecule has 0 heterocycles. The Morgan fingerprint density at radius 1 is 1.57 bits per heavy atom. The first kappa shape index (κ1) is 7.14. The van der Waals surface area contributed by atoms with Gasteiger partial charge in [0.05, 0.1) is 0 Å². The zero-order chi connectivity index (χ0) is 5.70. The second-order valence-electron chi connectivity index (χ2n) is 1.02. The molecule has 0 aromatic carbocycles. The third kappa shape index (κ3) is 6.14. The highest BCUT2D eigenvalue weighted by atomic mass is 35.5. The number of rotatable bonds is 1. The van der Waals surface area contributed by atoms with Gasteiger partial charge >= 0.3 is 0 Å². The molecule has 0 aromatic heterocycles. The Labute approximate surface area is 53.8 Å². The van der Waals surface area contributed by atoms with Crippen LogP contribution in [0, 0.1) is 11.8 Å². The van der Waals surface area contributed by atoms with Crippen molar-refractivity contribution >= 4 is 23.2 Å². The van der Waals surface area contributed by atoms with Crippen LogP contribution < -0.4 is 0 Å². The van der Waals surface area contributed by atoms with Gasteiger partial charge in [-0.1, -0.05) is 0 Å². The lowest BCUT2D eigenvalue weighted by atomic mass is 10.5. The first-order valence-electron chi connectivity index (χ1n) is 1.95. The summed E-state index contributed by atoms with van der Waals surface area (Å²) in [5.74, 6) is 5.41. The summed E-state index contributed by atoms with van der Waals surface area (Å²) in [6, 6.07) is 0. The first-order chi connectivity index (χ1) is 3.27. The molecular formula is C5H6Cl2. The second kappa shape index (κ2) is 4.30. The fraction of sp³-hybridized carbons (Fsp3) is 0.600. The largest absolute Gasteiger partial charge is 0.118 e. The number of hydrogen-bond acceptors (Lipinski definition) is 0. The molecule has 0 aromatic rings. The van der Waals surface area contributed by atoms with E-state index in [4.69, 9.17) is 23.2 Å². The molecule has 0 nitrogen and oxygen atoms in total. The molecule has 0 unspecified atom stereocenters. The lowest BCUT2D eigenvalue weighted by Crippen LogP contribution is -1.79. The molecule has 0 aliphatic carbocycles. The molecule has 0 spiro atoms. The van der Waals surface area contributed by atoms with Crippen molar-refractivity contribution in [2.75, 3.05) is 0 Å². The van der Waals surface area contributed by atoms with Gasteiger partial charge in [-0.15, -0.1) is 35.0 Å². The van der Waals surface area contributed by atoms with Crippen LogP contribution in [0.2, 0.25) is 0 Å². The minimum Gasteiger partial charge on any atom is -0.107 e. The van der Waals surface area contributed by atoms with Gasteiger partial charge in [0, 0.05) is 6.42 Å². The molecule has 0 saturated heterocycles. The summed E-state index contributed by atoms with van der Waals surface area (Å²) in [5, 5.41) is 0. The molecule has 0 N–H and O–H groups in total. The van der Waals surface area contributed by atoms with Crippen molar-refractivity contribution in [2.45, 2.75) is 18.2 Å². The number of alkyl halides is 2. The Kier molecular flexibility index (Phi) is 4.39. The molecule has 0 aliphatic rings. The predicted molar refractivity (Wildman–Crippen MR) is 33.6 cm³/mol.